The maximum absolute atomic E-state index is 5.06. The Morgan fingerprint density at radius 2 is 1.10 bits per heavy atom. The van der Waals surface area contributed by atoms with Crippen molar-refractivity contribution in [1.29, 1.82) is 0 Å². The molecule has 0 radical (unpaired) electrons. The second kappa shape index (κ2) is 8.10. The lowest BCUT2D eigenvalue weighted by Gasteiger charge is -2.04. The van der Waals surface area contributed by atoms with Crippen LogP contribution >= 0.6 is 0 Å². The normalized spacial score (nSPS) is 9.25. The van der Waals surface area contributed by atoms with Crippen LogP contribution in [-0.4, -0.2) is 21.3 Å². The molecule has 0 heterocycles. The fourth-order valence-electron chi connectivity index (χ4n) is 1.69. The van der Waals surface area contributed by atoms with E-state index in [-0.39, 0.29) is 0 Å². The summed E-state index contributed by atoms with van der Waals surface area (Å²) < 4.78 is 15.1. The maximum atomic E-state index is 5.06. The number of hydrogen-bond acceptors (Lipinski definition) is 3. The van der Waals surface area contributed by atoms with Crippen molar-refractivity contribution in [2.75, 3.05) is 21.3 Å². The van der Waals surface area contributed by atoms with Crippen molar-refractivity contribution in [3.8, 4) is 17.2 Å². The van der Waals surface area contributed by atoms with Gasteiger partial charge in [-0.2, -0.15) is 0 Å². The lowest BCUT2D eigenvalue weighted by Crippen LogP contribution is -1.87. The fourth-order valence-corrected chi connectivity index (χ4v) is 1.69. The highest BCUT2D eigenvalue weighted by atomic mass is 16.5. The molecule has 2 aromatic rings. The summed E-state index contributed by atoms with van der Waals surface area (Å²) >= 11 is 0. The smallest absolute Gasteiger partial charge is 0.122 e. The summed E-state index contributed by atoms with van der Waals surface area (Å²) in [5, 5.41) is 0. The first-order valence-electron chi connectivity index (χ1n) is 6.39. The first-order valence-corrected chi connectivity index (χ1v) is 6.39. The molecule has 108 valence electrons. The van der Waals surface area contributed by atoms with Gasteiger partial charge in [0.05, 0.1) is 21.3 Å². The van der Waals surface area contributed by atoms with Crippen molar-refractivity contribution in [1.82, 2.24) is 0 Å². The second-order valence-corrected chi connectivity index (χ2v) is 4.41. The molecule has 3 heteroatoms. The van der Waals surface area contributed by atoms with Gasteiger partial charge in [0.2, 0.25) is 0 Å². The molecule has 0 spiro atoms. The van der Waals surface area contributed by atoms with E-state index in [1.165, 1.54) is 5.56 Å². The van der Waals surface area contributed by atoms with Gasteiger partial charge >= 0.3 is 0 Å². The van der Waals surface area contributed by atoms with E-state index in [0.717, 1.165) is 22.8 Å². The van der Waals surface area contributed by atoms with Crippen molar-refractivity contribution in [2.45, 2.75) is 13.8 Å². The predicted molar refractivity (Wildman–Crippen MR) is 82.0 cm³/mol. The second-order valence-electron chi connectivity index (χ2n) is 4.41. The zero-order chi connectivity index (χ0) is 15.0. The molecular weight excluding hydrogens is 252 g/mol. The molecule has 2 rings (SSSR count). The van der Waals surface area contributed by atoms with Gasteiger partial charge in [-0.1, -0.05) is 12.1 Å². The molecule has 0 fully saturated rings. The molecule has 2 aromatic carbocycles. The molecule has 0 bridgehead atoms. The summed E-state index contributed by atoms with van der Waals surface area (Å²) in [6.07, 6.45) is 0. The average Bonchev–Trinajstić information content (AvgIpc) is 2.47. The Bertz CT molecular complexity index is 513. The van der Waals surface area contributed by atoms with Crippen LogP contribution < -0.4 is 14.2 Å². The Morgan fingerprint density at radius 3 is 1.50 bits per heavy atom. The zero-order valence-electron chi connectivity index (χ0n) is 12.8. The SMILES string of the molecule is COc1cc(C)cc(OC)c1.COc1cccc(C)c1. The maximum Gasteiger partial charge on any atom is 0.122 e. The number of aryl methyl sites for hydroxylation is 2. The summed E-state index contributed by atoms with van der Waals surface area (Å²) in [5.41, 5.74) is 2.37. The van der Waals surface area contributed by atoms with E-state index in [1.54, 1.807) is 21.3 Å². The lowest BCUT2D eigenvalue weighted by atomic mass is 10.2. The Labute approximate surface area is 121 Å². The van der Waals surface area contributed by atoms with Gasteiger partial charge in [-0.05, 0) is 49.2 Å². The van der Waals surface area contributed by atoms with Crippen LogP contribution in [0.2, 0.25) is 0 Å². The number of rotatable bonds is 3. The summed E-state index contributed by atoms with van der Waals surface area (Å²) in [7, 11) is 4.97. The first kappa shape index (κ1) is 15.9. The molecule has 0 N–H and O–H groups in total. The average molecular weight is 274 g/mol. The largest absolute Gasteiger partial charge is 0.497 e. The van der Waals surface area contributed by atoms with E-state index in [9.17, 15) is 0 Å². The van der Waals surface area contributed by atoms with Crippen molar-refractivity contribution < 1.29 is 14.2 Å². The van der Waals surface area contributed by atoms with Gasteiger partial charge in [-0.15, -0.1) is 0 Å². The van der Waals surface area contributed by atoms with E-state index in [2.05, 4.69) is 0 Å². The van der Waals surface area contributed by atoms with Crippen molar-refractivity contribution in [3.63, 3.8) is 0 Å². The van der Waals surface area contributed by atoms with Gasteiger partial charge in [-0.3, -0.25) is 0 Å². The van der Waals surface area contributed by atoms with Crippen molar-refractivity contribution >= 4 is 0 Å². The summed E-state index contributed by atoms with van der Waals surface area (Å²) in [5.74, 6) is 2.60. The highest BCUT2D eigenvalue weighted by molar-refractivity contribution is 5.37. The number of ether oxygens (including phenoxy) is 3. The predicted octanol–water partition coefficient (Wildman–Crippen LogP) is 4.02. The molecule has 0 atom stereocenters. The van der Waals surface area contributed by atoms with Gasteiger partial charge in [0.15, 0.2) is 0 Å². The van der Waals surface area contributed by atoms with Crippen LogP contribution in [0.3, 0.4) is 0 Å². The molecule has 0 saturated heterocycles. The molecular formula is C17H22O3. The molecule has 0 aliphatic heterocycles. The molecule has 20 heavy (non-hydrogen) atoms. The van der Waals surface area contributed by atoms with Gasteiger partial charge in [0.25, 0.3) is 0 Å². The minimum atomic E-state index is 0.835. The number of methoxy groups -OCH3 is 3. The van der Waals surface area contributed by atoms with Crippen molar-refractivity contribution in [3.05, 3.63) is 53.6 Å². The van der Waals surface area contributed by atoms with E-state index < -0.39 is 0 Å². The number of benzene rings is 2. The Hall–Kier alpha value is -2.16. The number of hydrogen-bond donors (Lipinski definition) is 0. The van der Waals surface area contributed by atoms with E-state index in [1.807, 2.05) is 56.3 Å². The summed E-state index contributed by atoms with van der Waals surface area (Å²) in [6, 6.07) is 13.7. The molecule has 0 amide bonds. The third-order valence-corrected chi connectivity index (χ3v) is 2.72. The van der Waals surface area contributed by atoms with E-state index >= 15 is 0 Å². The van der Waals surface area contributed by atoms with Crippen molar-refractivity contribution in [2.24, 2.45) is 0 Å². The third-order valence-electron chi connectivity index (χ3n) is 2.72. The van der Waals surface area contributed by atoms with Crippen LogP contribution in [0.4, 0.5) is 0 Å². The first-order chi connectivity index (χ1) is 9.58. The van der Waals surface area contributed by atoms with E-state index in [0.29, 0.717) is 0 Å². The molecule has 0 unspecified atom stereocenters. The molecule has 0 aliphatic rings. The standard InChI is InChI=1S/C9H12O2.C8H10O/c1-7-4-8(10-2)6-9(5-7)11-3;1-7-4-3-5-8(6-7)9-2/h4-6H,1-3H3;3-6H,1-2H3. The summed E-state index contributed by atoms with van der Waals surface area (Å²) in [6.45, 7) is 4.05. The van der Waals surface area contributed by atoms with Crippen LogP contribution in [0, 0.1) is 13.8 Å². The fraction of sp³-hybridized carbons (Fsp3) is 0.294. The highest BCUT2D eigenvalue weighted by Crippen LogP contribution is 2.21. The van der Waals surface area contributed by atoms with Gasteiger partial charge < -0.3 is 14.2 Å². The monoisotopic (exact) mass is 274 g/mol. The van der Waals surface area contributed by atoms with Crippen LogP contribution in [0.25, 0.3) is 0 Å². The van der Waals surface area contributed by atoms with Crippen LogP contribution in [0.1, 0.15) is 11.1 Å². The molecule has 3 nitrogen and oxygen atoms in total. The molecule has 0 saturated carbocycles. The Morgan fingerprint density at radius 1 is 0.600 bits per heavy atom. The third kappa shape index (κ3) is 5.22. The van der Waals surface area contributed by atoms with Crippen LogP contribution in [0.15, 0.2) is 42.5 Å². The van der Waals surface area contributed by atoms with Crippen LogP contribution in [0.5, 0.6) is 17.2 Å². The van der Waals surface area contributed by atoms with Gasteiger partial charge in [0, 0.05) is 6.07 Å². The summed E-state index contributed by atoms with van der Waals surface area (Å²) in [4.78, 5) is 0. The molecule has 0 aromatic heterocycles. The lowest BCUT2D eigenvalue weighted by molar-refractivity contribution is 0.394. The van der Waals surface area contributed by atoms with Crippen LogP contribution in [-0.2, 0) is 0 Å². The quantitative estimate of drug-likeness (QED) is 0.846. The minimum Gasteiger partial charge on any atom is -0.497 e. The van der Waals surface area contributed by atoms with E-state index in [4.69, 9.17) is 14.2 Å². The van der Waals surface area contributed by atoms with Gasteiger partial charge in [0.1, 0.15) is 17.2 Å². The Balaban J connectivity index is 0.000000204. The Kier molecular flexibility index (Phi) is 6.44. The highest BCUT2D eigenvalue weighted by Gasteiger charge is 1.96. The topological polar surface area (TPSA) is 27.7 Å². The van der Waals surface area contributed by atoms with Gasteiger partial charge in [-0.25, -0.2) is 0 Å². The molecule has 0 aliphatic carbocycles. The minimum absolute atomic E-state index is 0.835. The zero-order valence-corrected chi connectivity index (χ0v) is 12.8.